The van der Waals surface area contributed by atoms with Crippen molar-refractivity contribution in [3.05, 3.63) is 47.7 Å². The van der Waals surface area contributed by atoms with Gasteiger partial charge in [-0.3, -0.25) is 9.69 Å². The number of carbonyl (C=O) groups excluding carboxylic acids is 1. The second kappa shape index (κ2) is 12.6. The first-order valence-electron chi connectivity index (χ1n) is 15.4. The van der Waals surface area contributed by atoms with Crippen LogP contribution in [0.15, 0.2) is 30.9 Å². The fourth-order valence-corrected chi connectivity index (χ4v) is 7.13. The molecule has 1 unspecified atom stereocenters. The van der Waals surface area contributed by atoms with Crippen LogP contribution < -0.4 is 14.5 Å². The number of benzene rings is 1. The molecule has 0 spiro atoms. The highest BCUT2D eigenvalue weighted by atomic mass is 16.5. The van der Waals surface area contributed by atoms with Crippen molar-refractivity contribution in [2.75, 3.05) is 62.2 Å². The number of hydrogen-bond acceptors (Lipinski definition) is 9. The van der Waals surface area contributed by atoms with E-state index < -0.39 is 0 Å². The van der Waals surface area contributed by atoms with Gasteiger partial charge in [0.25, 0.3) is 0 Å². The van der Waals surface area contributed by atoms with Crippen LogP contribution in [0.4, 0.5) is 11.5 Å². The van der Waals surface area contributed by atoms with Gasteiger partial charge in [0, 0.05) is 62.5 Å². The van der Waals surface area contributed by atoms with Gasteiger partial charge >= 0.3 is 6.01 Å². The minimum Gasteiger partial charge on any atom is -0.508 e. The van der Waals surface area contributed by atoms with Crippen molar-refractivity contribution in [2.45, 2.75) is 63.5 Å². The van der Waals surface area contributed by atoms with Gasteiger partial charge in [-0.15, -0.1) is 0 Å². The Morgan fingerprint density at radius 1 is 1.14 bits per heavy atom. The SMILES string of the molecule is C=CC(=O)N1CCN(c2nc(OCCN3CCCC3)nc3c2CCC(N2CCCc4ccc(O)cc42)C3)C[C@@H]1CC#N. The summed E-state index contributed by atoms with van der Waals surface area (Å²) in [5.74, 6) is 1.04. The summed E-state index contributed by atoms with van der Waals surface area (Å²) in [7, 11) is 0. The molecule has 0 bridgehead atoms. The number of aromatic nitrogens is 2. The minimum atomic E-state index is -0.228. The Morgan fingerprint density at radius 2 is 2.00 bits per heavy atom. The fraction of sp³-hybridized carbons (Fsp3) is 0.562. The maximum absolute atomic E-state index is 12.5. The van der Waals surface area contributed by atoms with E-state index in [1.54, 1.807) is 11.0 Å². The molecule has 1 aliphatic carbocycles. The maximum Gasteiger partial charge on any atom is 0.318 e. The van der Waals surface area contributed by atoms with Crippen molar-refractivity contribution in [3.63, 3.8) is 0 Å². The number of ether oxygens (including phenoxy) is 1. The molecule has 2 saturated heterocycles. The largest absolute Gasteiger partial charge is 0.508 e. The van der Waals surface area contributed by atoms with Crippen molar-refractivity contribution in [1.29, 1.82) is 5.26 Å². The highest BCUT2D eigenvalue weighted by Gasteiger charge is 2.35. The first kappa shape index (κ1) is 28.3. The van der Waals surface area contributed by atoms with Crippen molar-refractivity contribution < 1.29 is 14.6 Å². The lowest BCUT2D eigenvalue weighted by Crippen LogP contribution is -2.55. The monoisotopic (exact) mass is 571 g/mol. The highest BCUT2D eigenvalue weighted by Crippen LogP contribution is 2.38. The zero-order valence-electron chi connectivity index (χ0n) is 24.4. The number of aromatic hydroxyl groups is 1. The summed E-state index contributed by atoms with van der Waals surface area (Å²) in [4.78, 5) is 31.3. The van der Waals surface area contributed by atoms with E-state index in [9.17, 15) is 15.2 Å². The average Bonchev–Trinajstić information content (AvgIpc) is 3.53. The molecule has 0 saturated carbocycles. The molecule has 1 N–H and O–H groups in total. The third-order valence-electron chi connectivity index (χ3n) is 9.28. The van der Waals surface area contributed by atoms with Crippen LogP contribution in [-0.2, 0) is 24.1 Å². The molecule has 1 aromatic carbocycles. The molecule has 222 valence electrons. The number of fused-ring (bicyclic) bond motifs is 2. The standard InChI is InChI=1S/C32H41N7O3/c1-2-30(41)39-17-16-37(22-25(39)11-12-33)31-27-10-8-24(38-15-5-6-23-7-9-26(40)21-29(23)38)20-28(27)34-32(35-31)42-19-18-36-13-3-4-14-36/h2,7,9,21,24-25,40H,1,3-6,8,10-11,13-20,22H2/t24?,25-/m0/s1. The van der Waals surface area contributed by atoms with E-state index in [1.807, 2.05) is 6.07 Å². The fourth-order valence-electron chi connectivity index (χ4n) is 7.13. The number of rotatable bonds is 8. The van der Waals surface area contributed by atoms with Crippen LogP contribution in [0.2, 0.25) is 0 Å². The number of nitriles is 1. The summed E-state index contributed by atoms with van der Waals surface area (Å²) < 4.78 is 6.20. The van der Waals surface area contributed by atoms with Gasteiger partial charge in [-0.1, -0.05) is 12.6 Å². The topological polar surface area (TPSA) is 109 Å². The highest BCUT2D eigenvalue weighted by molar-refractivity contribution is 5.87. The summed E-state index contributed by atoms with van der Waals surface area (Å²) in [5.41, 5.74) is 4.58. The van der Waals surface area contributed by atoms with Crippen molar-refractivity contribution in [1.82, 2.24) is 19.8 Å². The molecule has 42 heavy (non-hydrogen) atoms. The Balaban J connectivity index is 1.28. The lowest BCUT2D eigenvalue weighted by atomic mass is 9.88. The van der Waals surface area contributed by atoms with Crippen LogP contribution in [0, 0.1) is 11.3 Å². The summed E-state index contributed by atoms with van der Waals surface area (Å²) in [6.07, 6.45) is 8.76. The molecule has 2 fully saturated rings. The lowest BCUT2D eigenvalue weighted by molar-refractivity contribution is -0.128. The Hall–Kier alpha value is -3.84. The van der Waals surface area contributed by atoms with Crippen LogP contribution in [0.25, 0.3) is 0 Å². The van der Waals surface area contributed by atoms with E-state index in [4.69, 9.17) is 14.7 Å². The van der Waals surface area contributed by atoms with Gasteiger partial charge in [0.2, 0.25) is 5.91 Å². The van der Waals surface area contributed by atoms with Crippen LogP contribution in [0.5, 0.6) is 11.8 Å². The van der Waals surface area contributed by atoms with Crippen LogP contribution in [0.3, 0.4) is 0 Å². The van der Waals surface area contributed by atoms with E-state index in [-0.39, 0.29) is 24.4 Å². The Labute approximate surface area is 248 Å². The minimum absolute atomic E-state index is 0.138. The number of carbonyl (C=O) groups is 1. The van der Waals surface area contributed by atoms with E-state index >= 15 is 0 Å². The molecule has 10 nitrogen and oxygen atoms in total. The number of piperazine rings is 1. The third kappa shape index (κ3) is 5.88. The predicted octanol–water partition coefficient (Wildman–Crippen LogP) is 3.08. The number of amides is 1. The number of anilines is 2. The molecule has 1 aromatic heterocycles. The summed E-state index contributed by atoms with van der Waals surface area (Å²) in [5, 5.41) is 19.8. The molecule has 2 atom stereocenters. The average molecular weight is 572 g/mol. The molecule has 1 amide bonds. The van der Waals surface area contributed by atoms with Crippen molar-refractivity contribution in [2.24, 2.45) is 0 Å². The van der Waals surface area contributed by atoms with E-state index in [0.717, 1.165) is 81.0 Å². The number of likely N-dealkylation sites (tertiary alicyclic amines) is 1. The van der Waals surface area contributed by atoms with Crippen molar-refractivity contribution >= 4 is 17.4 Å². The molecule has 0 radical (unpaired) electrons. The number of phenols is 1. The van der Waals surface area contributed by atoms with Crippen molar-refractivity contribution in [3.8, 4) is 17.8 Å². The lowest BCUT2D eigenvalue weighted by Gasteiger charge is -2.43. The van der Waals surface area contributed by atoms with Gasteiger partial charge in [-0.05, 0) is 69.3 Å². The molecule has 3 aliphatic heterocycles. The maximum atomic E-state index is 12.5. The summed E-state index contributed by atoms with van der Waals surface area (Å²) >= 11 is 0. The molecule has 6 rings (SSSR count). The second-order valence-corrected chi connectivity index (χ2v) is 11.9. The predicted molar refractivity (Wildman–Crippen MR) is 161 cm³/mol. The molecular weight excluding hydrogens is 530 g/mol. The zero-order chi connectivity index (χ0) is 29.1. The van der Waals surface area contributed by atoms with E-state index in [2.05, 4.69) is 33.4 Å². The Kier molecular flexibility index (Phi) is 8.47. The van der Waals surface area contributed by atoms with Gasteiger partial charge in [-0.25, -0.2) is 0 Å². The third-order valence-corrected chi connectivity index (χ3v) is 9.28. The van der Waals surface area contributed by atoms with Crippen LogP contribution in [-0.4, -0.2) is 95.3 Å². The normalized spacial score (nSPS) is 22.3. The first-order valence-corrected chi connectivity index (χ1v) is 15.4. The number of phenolic OH excluding ortho intramolecular Hbond substituents is 1. The molecule has 10 heteroatoms. The van der Waals surface area contributed by atoms with E-state index in [1.165, 1.54) is 24.5 Å². The van der Waals surface area contributed by atoms with Gasteiger partial charge in [0.05, 0.1) is 24.2 Å². The van der Waals surface area contributed by atoms with Gasteiger partial charge < -0.3 is 24.5 Å². The quantitative estimate of drug-likeness (QED) is 0.478. The molecule has 4 heterocycles. The smallest absolute Gasteiger partial charge is 0.318 e. The van der Waals surface area contributed by atoms with Gasteiger partial charge in [-0.2, -0.15) is 15.2 Å². The number of aryl methyl sites for hydroxylation is 1. The van der Waals surface area contributed by atoms with E-state index in [0.29, 0.717) is 38.0 Å². The van der Waals surface area contributed by atoms with Crippen LogP contribution in [0.1, 0.15) is 48.9 Å². The number of nitrogens with zero attached hydrogens (tertiary/aromatic N) is 7. The number of hydrogen-bond donors (Lipinski definition) is 1. The molecule has 4 aliphatic rings. The molecule has 2 aromatic rings. The van der Waals surface area contributed by atoms with Crippen LogP contribution >= 0.6 is 0 Å². The second-order valence-electron chi connectivity index (χ2n) is 11.9. The Morgan fingerprint density at radius 3 is 2.81 bits per heavy atom. The summed E-state index contributed by atoms with van der Waals surface area (Å²) in [6.45, 7) is 9.91. The molecular formula is C32H41N7O3. The van der Waals surface area contributed by atoms with Gasteiger partial charge in [0.15, 0.2) is 0 Å². The first-order chi connectivity index (χ1) is 20.5. The Bertz CT molecular complexity index is 1350. The summed E-state index contributed by atoms with van der Waals surface area (Å²) in [6, 6.07) is 8.44. The van der Waals surface area contributed by atoms with Gasteiger partial charge in [0.1, 0.15) is 18.2 Å². The zero-order valence-corrected chi connectivity index (χ0v) is 24.4.